The molecular formula is C13H19FN2S. The summed E-state index contributed by atoms with van der Waals surface area (Å²) in [5.74, 6) is 2.11. The van der Waals surface area contributed by atoms with E-state index in [1.54, 1.807) is 6.07 Å². The largest absolute Gasteiger partial charge is 0.370 e. The Morgan fingerprint density at radius 1 is 1.53 bits per heavy atom. The Kier molecular flexibility index (Phi) is 3.94. The summed E-state index contributed by atoms with van der Waals surface area (Å²) >= 11 is 1.96. The molecule has 1 fully saturated rings. The lowest BCUT2D eigenvalue weighted by atomic mass is 10.0. The van der Waals surface area contributed by atoms with E-state index in [-0.39, 0.29) is 11.9 Å². The molecule has 1 aromatic rings. The van der Waals surface area contributed by atoms with Crippen molar-refractivity contribution in [1.29, 1.82) is 0 Å². The van der Waals surface area contributed by atoms with Gasteiger partial charge in [-0.05, 0) is 31.2 Å². The highest BCUT2D eigenvalue weighted by atomic mass is 32.2. The van der Waals surface area contributed by atoms with Crippen LogP contribution < -0.4 is 10.6 Å². The number of thioether (sulfide) groups is 1. The van der Waals surface area contributed by atoms with E-state index in [9.17, 15) is 4.39 Å². The third-order valence-electron chi connectivity index (χ3n) is 3.32. The van der Waals surface area contributed by atoms with Gasteiger partial charge in [-0.25, -0.2) is 4.39 Å². The van der Waals surface area contributed by atoms with E-state index in [2.05, 4.69) is 4.90 Å². The second-order valence-electron chi connectivity index (χ2n) is 4.59. The van der Waals surface area contributed by atoms with Gasteiger partial charge in [0.1, 0.15) is 5.82 Å². The van der Waals surface area contributed by atoms with Crippen LogP contribution in [0.4, 0.5) is 10.1 Å². The predicted molar refractivity (Wildman–Crippen MR) is 73.1 cm³/mol. The van der Waals surface area contributed by atoms with Crippen molar-refractivity contribution in [2.24, 2.45) is 5.73 Å². The van der Waals surface area contributed by atoms with E-state index in [1.165, 1.54) is 11.8 Å². The van der Waals surface area contributed by atoms with Crippen LogP contribution in [0.2, 0.25) is 0 Å². The molecule has 0 radical (unpaired) electrons. The minimum absolute atomic E-state index is 0.199. The molecule has 1 aromatic carbocycles. The van der Waals surface area contributed by atoms with Gasteiger partial charge in [0, 0.05) is 36.1 Å². The Hall–Kier alpha value is -0.740. The molecule has 2 nitrogen and oxygen atoms in total. The first-order valence-electron chi connectivity index (χ1n) is 5.96. The lowest BCUT2D eigenvalue weighted by molar-refractivity contribution is 0.589. The number of hydrogen-bond acceptors (Lipinski definition) is 3. The van der Waals surface area contributed by atoms with Gasteiger partial charge in [-0.1, -0.05) is 6.07 Å². The Labute approximate surface area is 106 Å². The maximum atomic E-state index is 13.8. The van der Waals surface area contributed by atoms with Crippen LogP contribution in [0, 0.1) is 5.82 Å². The maximum absolute atomic E-state index is 13.8. The fraction of sp³-hybridized carbons (Fsp3) is 0.538. The van der Waals surface area contributed by atoms with Crippen molar-refractivity contribution < 1.29 is 4.39 Å². The third kappa shape index (κ3) is 2.58. The molecule has 1 aliphatic rings. The van der Waals surface area contributed by atoms with Crippen LogP contribution in [0.25, 0.3) is 0 Å². The molecule has 17 heavy (non-hydrogen) atoms. The van der Waals surface area contributed by atoms with Gasteiger partial charge in [0.15, 0.2) is 0 Å². The number of hydrogen-bond donors (Lipinski definition) is 1. The molecule has 0 saturated carbocycles. The van der Waals surface area contributed by atoms with Crippen LogP contribution in [0.15, 0.2) is 18.2 Å². The minimum atomic E-state index is -0.275. The van der Waals surface area contributed by atoms with Crippen LogP contribution in [-0.2, 0) is 0 Å². The summed E-state index contributed by atoms with van der Waals surface area (Å²) < 4.78 is 13.8. The lowest BCUT2D eigenvalue weighted by Crippen LogP contribution is -2.32. The van der Waals surface area contributed by atoms with E-state index >= 15 is 0 Å². The van der Waals surface area contributed by atoms with E-state index in [1.807, 2.05) is 31.8 Å². The van der Waals surface area contributed by atoms with Crippen molar-refractivity contribution in [3.8, 4) is 0 Å². The van der Waals surface area contributed by atoms with Crippen molar-refractivity contribution in [2.75, 3.05) is 23.5 Å². The highest BCUT2D eigenvalue weighted by molar-refractivity contribution is 7.99. The van der Waals surface area contributed by atoms with Crippen LogP contribution in [-0.4, -0.2) is 24.6 Å². The number of anilines is 1. The summed E-state index contributed by atoms with van der Waals surface area (Å²) in [6.45, 7) is 1.83. The number of halogens is 1. The van der Waals surface area contributed by atoms with E-state index < -0.39 is 0 Å². The molecule has 1 aliphatic heterocycles. The molecule has 2 atom stereocenters. The Morgan fingerprint density at radius 3 is 2.88 bits per heavy atom. The number of benzene rings is 1. The maximum Gasteiger partial charge on any atom is 0.130 e. The standard InChI is InChI=1S/C13H19FN2S/c1-9(15)13-11(14)4-3-5-12(13)16(2)10-6-7-17-8-10/h3-5,9-10H,6-8,15H2,1-2H3. The van der Waals surface area contributed by atoms with Crippen LogP contribution in [0.3, 0.4) is 0 Å². The molecule has 0 aromatic heterocycles. The first kappa shape index (κ1) is 12.7. The Morgan fingerprint density at radius 2 is 2.29 bits per heavy atom. The molecule has 0 aliphatic carbocycles. The van der Waals surface area contributed by atoms with Crippen LogP contribution in [0.5, 0.6) is 0 Å². The molecule has 1 saturated heterocycles. The Bertz CT molecular complexity index is 389. The molecule has 2 N–H and O–H groups in total. The van der Waals surface area contributed by atoms with Gasteiger partial charge < -0.3 is 10.6 Å². The number of nitrogens with zero attached hydrogens (tertiary/aromatic N) is 1. The summed E-state index contributed by atoms with van der Waals surface area (Å²) in [7, 11) is 2.04. The summed E-state index contributed by atoms with van der Waals surface area (Å²) in [4.78, 5) is 2.18. The van der Waals surface area contributed by atoms with Gasteiger partial charge in [-0.3, -0.25) is 0 Å². The van der Waals surface area contributed by atoms with Gasteiger partial charge in [0.05, 0.1) is 0 Å². The van der Waals surface area contributed by atoms with E-state index in [4.69, 9.17) is 5.73 Å². The van der Waals surface area contributed by atoms with E-state index in [0.29, 0.717) is 11.6 Å². The zero-order chi connectivity index (χ0) is 12.4. The van der Waals surface area contributed by atoms with Crippen molar-refractivity contribution in [3.05, 3.63) is 29.6 Å². The second-order valence-corrected chi connectivity index (χ2v) is 5.74. The number of rotatable bonds is 3. The summed E-state index contributed by atoms with van der Waals surface area (Å²) in [6.07, 6.45) is 1.16. The molecule has 94 valence electrons. The molecule has 2 rings (SSSR count). The van der Waals surface area contributed by atoms with Gasteiger partial charge in [0.25, 0.3) is 0 Å². The van der Waals surface area contributed by atoms with Crippen molar-refractivity contribution in [3.63, 3.8) is 0 Å². The SMILES string of the molecule is CC(N)c1c(F)cccc1N(C)C1CCSC1. The van der Waals surface area contributed by atoms with Gasteiger partial charge >= 0.3 is 0 Å². The summed E-state index contributed by atoms with van der Waals surface area (Å²) in [5.41, 5.74) is 7.45. The van der Waals surface area contributed by atoms with Crippen LogP contribution in [0.1, 0.15) is 24.9 Å². The first-order valence-corrected chi connectivity index (χ1v) is 7.11. The molecule has 0 amide bonds. The zero-order valence-electron chi connectivity index (χ0n) is 10.3. The minimum Gasteiger partial charge on any atom is -0.370 e. The molecule has 0 spiro atoms. The lowest BCUT2D eigenvalue weighted by Gasteiger charge is -2.29. The highest BCUT2D eigenvalue weighted by Crippen LogP contribution is 2.31. The number of nitrogens with two attached hydrogens (primary N) is 1. The van der Waals surface area contributed by atoms with Gasteiger partial charge in [-0.15, -0.1) is 0 Å². The van der Waals surface area contributed by atoms with Crippen molar-refractivity contribution in [2.45, 2.75) is 25.4 Å². The van der Waals surface area contributed by atoms with Crippen molar-refractivity contribution >= 4 is 17.4 Å². The summed E-state index contributed by atoms with van der Waals surface area (Å²) in [6, 6.07) is 5.43. The molecule has 4 heteroatoms. The molecular weight excluding hydrogens is 235 g/mol. The first-order chi connectivity index (χ1) is 8.11. The topological polar surface area (TPSA) is 29.3 Å². The molecule has 0 bridgehead atoms. The fourth-order valence-electron chi connectivity index (χ4n) is 2.31. The van der Waals surface area contributed by atoms with Gasteiger partial charge in [-0.2, -0.15) is 11.8 Å². The Balaban J connectivity index is 2.33. The average molecular weight is 254 g/mol. The third-order valence-corrected chi connectivity index (χ3v) is 4.46. The molecule has 2 unspecified atom stereocenters. The van der Waals surface area contributed by atoms with Gasteiger partial charge in [0.2, 0.25) is 0 Å². The normalized spacial score (nSPS) is 21.5. The van der Waals surface area contributed by atoms with Crippen molar-refractivity contribution in [1.82, 2.24) is 0 Å². The monoisotopic (exact) mass is 254 g/mol. The average Bonchev–Trinajstić information content (AvgIpc) is 2.80. The van der Waals surface area contributed by atoms with E-state index in [0.717, 1.165) is 17.9 Å². The predicted octanol–water partition coefficient (Wildman–Crippen LogP) is 2.79. The smallest absolute Gasteiger partial charge is 0.130 e. The van der Waals surface area contributed by atoms with Crippen LogP contribution >= 0.6 is 11.8 Å². The summed E-state index contributed by atoms with van der Waals surface area (Å²) in [5, 5.41) is 0. The highest BCUT2D eigenvalue weighted by Gasteiger charge is 2.23. The zero-order valence-corrected chi connectivity index (χ0v) is 11.1. The second kappa shape index (κ2) is 5.27. The molecule has 1 heterocycles. The quantitative estimate of drug-likeness (QED) is 0.899. The fourth-order valence-corrected chi connectivity index (χ4v) is 3.58.